The van der Waals surface area contributed by atoms with Crippen LogP contribution >= 0.6 is 11.6 Å². The van der Waals surface area contributed by atoms with Crippen molar-refractivity contribution in [3.8, 4) is 0 Å². The largest absolute Gasteiger partial charge is 0.378 e. The first-order chi connectivity index (χ1) is 13.3. The molecule has 1 aliphatic rings. The number of carbonyl (C=O) groups is 1. The second kappa shape index (κ2) is 8.51. The smallest absolute Gasteiger partial charge is 0.251 e. The summed E-state index contributed by atoms with van der Waals surface area (Å²) in [6, 6.07) is 12.1. The van der Waals surface area contributed by atoms with Crippen LogP contribution in [0.1, 0.15) is 28.9 Å². The molecule has 1 aliphatic heterocycles. The maximum atomic E-state index is 12.6. The summed E-state index contributed by atoms with van der Waals surface area (Å²) >= 11 is 5.94. The van der Waals surface area contributed by atoms with Crippen LogP contribution in [-0.4, -0.2) is 46.9 Å². The van der Waals surface area contributed by atoms with Crippen LogP contribution in [0.3, 0.4) is 0 Å². The molecular formula is C20H23ClN2O4S. The van der Waals surface area contributed by atoms with Gasteiger partial charge in [-0.25, -0.2) is 8.42 Å². The minimum absolute atomic E-state index is 0.0515. The summed E-state index contributed by atoms with van der Waals surface area (Å²) in [5, 5.41) is 3.00. The van der Waals surface area contributed by atoms with E-state index in [1.807, 2.05) is 31.2 Å². The summed E-state index contributed by atoms with van der Waals surface area (Å²) in [6.07, 6.45) is 1.06. The minimum Gasteiger partial charge on any atom is -0.378 e. The van der Waals surface area contributed by atoms with Crippen LogP contribution in [0, 0.1) is 0 Å². The molecule has 0 radical (unpaired) electrons. The molecule has 1 unspecified atom stereocenters. The Balaban J connectivity index is 1.70. The van der Waals surface area contributed by atoms with Crippen LogP contribution in [0.15, 0.2) is 47.4 Å². The Labute approximate surface area is 170 Å². The van der Waals surface area contributed by atoms with E-state index in [2.05, 4.69) is 10.2 Å². The zero-order valence-electron chi connectivity index (χ0n) is 15.8. The molecule has 1 N–H and O–H groups in total. The number of rotatable bonds is 5. The van der Waals surface area contributed by atoms with Crippen molar-refractivity contribution >= 4 is 33.0 Å². The number of hydrogen-bond donors (Lipinski definition) is 1. The summed E-state index contributed by atoms with van der Waals surface area (Å²) in [7, 11) is -3.51. The van der Waals surface area contributed by atoms with Gasteiger partial charge in [0.2, 0.25) is 0 Å². The molecule has 0 saturated carbocycles. The van der Waals surface area contributed by atoms with E-state index in [1.54, 1.807) is 0 Å². The van der Waals surface area contributed by atoms with Crippen LogP contribution < -0.4 is 10.2 Å². The number of ether oxygens (including phenoxy) is 1. The number of nitrogens with zero attached hydrogens (tertiary/aromatic N) is 1. The topological polar surface area (TPSA) is 75.7 Å². The molecule has 0 spiro atoms. The van der Waals surface area contributed by atoms with Gasteiger partial charge < -0.3 is 15.0 Å². The lowest BCUT2D eigenvalue weighted by Gasteiger charge is -2.29. The van der Waals surface area contributed by atoms with Gasteiger partial charge in [-0.05, 0) is 42.8 Å². The molecule has 28 heavy (non-hydrogen) atoms. The zero-order valence-corrected chi connectivity index (χ0v) is 17.4. The van der Waals surface area contributed by atoms with Gasteiger partial charge in [0.15, 0.2) is 9.84 Å². The van der Waals surface area contributed by atoms with Crippen molar-refractivity contribution in [2.45, 2.75) is 17.9 Å². The predicted molar refractivity (Wildman–Crippen MR) is 110 cm³/mol. The van der Waals surface area contributed by atoms with Gasteiger partial charge in [-0.1, -0.05) is 23.7 Å². The Morgan fingerprint density at radius 1 is 1.14 bits per heavy atom. The number of nitrogens with one attached hydrogen (secondary N) is 1. The first-order valence-corrected chi connectivity index (χ1v) is 11.3. The third kappa shape index (κ3) is 4.84. The Bertz CT molecular complexity index is 955. The fourth-order valence-corrected chi connectivity index (χ4v) is 4.39. The second-order valence-electron chi connectivity index (χ2n) is 6.80. The number of amides is 1. The zero-order chi connectivity index (χ0) is 20.3. The number of halogens is 1. The molecule has 0 aliphatic carbocycles. The van der Waals surface area contributed by atoms with E-state index in [1.165, 1.54) is 18.2 Å². The SMILES string of the molecule is CC(NC(=O)c1ccc(Cl)c(S(C)(=O)=O)c1)c1ccc(N2CCOCC2)cc1. The monoisotopic (exact) mass is 422 g/mol. The van der Waals surface area contributed by atoms with Crippen molar-refractivity contribution < 1.29 is 17.9 Å². The van der Waals surface area contributed by atoms with E-state index >= 15 is 0 Å². The number of hydrogen-bond acceptors (Lipinski definition) is 5. The molecule has 1 atom stereocenters. The van der Waals surface area contributed by atoms with Crippen LogP contribution in [-0.2, 0) is 14.6 Å². The molecule has 150 valence electrons. The lowest BCUT2D eigenvalue weighted by molar-refractivity contribution is 0.0939. The average molecular weight is 423 g/mol. The van der Waals surface area contributed by atoms with Crippen molar-refractivity contribution in [1.29, 1.82) is 0 Å². The van der Waals surface area contributed by atoms with E-state index in [-0.39, 0.29) is 27.4 Å². The number of morpholine rings is 1. The van der Waals surface area contributed by atoms with Gasteiger partial charge in [-0.3, -0.25) is 4.79 Å². The summed E-state index contributed by atoms with van der Waals surface area (Å²) in [5.74, 6) is -0.355. The normalized spacial score (nSPS) is 15.9. The summed E-state index contributed by atoms with van der Waals surface area (Å²) in [4.78, 5) is 14.8. The van der Waals surface area contributed by atoms with Crippen molar-refractivity contribution in [3.05, 3.63) is 58.6 Å². The fraction of sp³-hybridized carbons (Fsp3) is 0.350. The maximum absolute atomic E-state index is 12.6. The molecule has 8 heteroatoms. The maximum Gasteiger partial charge on any atom is 0.251 e. The highest BCUT2D eigenvalue weighted by atomic mass is 35.5. The molecule has 3 rings (SSSR count). The van der Waals surface area contributed by atoms with Gasteiger partial charge in [0.25, 0.3) is 5.91 Å². The van der Waals surface area contributed by atoms with Crippen LogP contribution in [0.25, 0.3) is 0 Å². The summed E-state index contributed by atoms with van der Waals surface area (Å²) in [6.45, 7) is 5.07. The minimum atomic E-state index is -3.51. The lowest BCUT2D eigenvalue weighted by atomic mass is 10.1. The first kappa shape index (κ1) is 20.6. The number of carbonyl (C=O) groups excluding carboxylic acids is 1. The predicted octanol–water partition coefficient (Wildman–Crippen LogP) is 3.07. The number of benzene rings is 2. The van der Waals surface area contributed by atoms with Gasteiger partial charge >= 0.3 is 0 Å². The quantitative estimate of drug-likeness (QED) is 0.801. The highest BCUT2D eigenvalue weighted by Gasteiger charge is 2.18. The van der Waals surface area contributed by atoms with Gasteiger partial charge in [-0.15, -0.1) is 0 Å². The Morgan fingerprint density at radius 3 is 2.39 bits per heavy atom. The standard InChI is InChI=1S/C20H23ClN2O4S/c1-14(15-3-6-17(7-4-15)23-9-11-27-12-10-23)22-20(24)16-5-8-18(21)19(13-16)28(2,25)26/h3-8,13-14H,9-12H2,1-2H3,(H,22,24). The van der Waals surface area contributed by atoms with E-state index in [4.69, 9.17) is 16.3 Å². The van der Waals surface area contributed by atoms with Crippen molar-refractivity contribution in [3.63, 3.8) is 0 Å². The Kier molecular flexibility index (Phi) is 6.27. The molecule has 0 bridgehead atoms. The highest BCUT2D eigenvalue weighted by molar-refractivity contribution is 7.90. The first-order valence-electron chi connectivity index (χ1n) is 8.99. The molecule has 2 aromatic rings. The third-order valence-corrected chi connectivity index (χ3v) is 6.29. The van der Waals surface area contributed by atoms with Crippen LogP contribution in [0.2, 0.25) is 5.02 Å². The van der Waals surface area contributed by atoms with Crippen molar-refractivity contribution in [2.24, 2.45) is 0 Å². The van der Waals surface area contributed by atoms with E-state index < -0.39 is 9.84 Å². The van der Waals surface area contributed by atoms with Crippen LogP contribution in [0.4, 0.5) is 5.69 Å². The van der Waals surface area contributed by atoms with E-state index in [0.717, 1.165) is 43.8 Å². The second-order valence-corrected chi connectivity index (χ2v) is 9.19. The molecular weight excluding hydrogens is 400 g/mol. The fourth-order valence-electron chi connectivity index (χ4n) is 3.09. The van der Waals surface area contributed by atoms with Gasteiger partial charge in [0.05, 0.1) is 29.2 Å². The van der Waals surface area contributed by atoms with Gasteiger partial charge in [-0.2, -0.15) is 0 Å². The molecule has 0 aromatic heterocycles. The number of anilines is 1. The Morgan fingerprint density at radius 2 is 1.79 bits per heavy atom. The molecule has 1 amide bonds. The van der Waals surface area contributed by atoms with Crippen molar-refractivity contribution in [2.75, 3.05) is 37.5 Å². The molecule has 2 aromatic carbocycles. The Hall–Kier alpha value is -2.09. The van der Waals surface area contributed by atoms with E-state index in [0.29, 0.717) is 0 Å². The highest BCUT2D eigenvalue weighted by Crippen LogP contribution is 2.24. The molecule has 1 fully saturated rings. The van der Waals surface area contributed by atoms with E-state index in [9.17, 15) is 13.2 Å². The third-order valence-electron chi connectivity index (χ3n) is 4.71. The summed E-state index contributed by atoms with van der Waals surface area (Å²) < 4.78 is 29.0. The van der Waals surface area contributed by atoms with Gasteiger partial charge in [0.1, 0.15) is 0 Å². The lowest BCUT2D eigenvalue weighted by Crippen LogP contribution is -2.36. The molecule has 1 saturated heterocycles. The summed E-state index contributed by atoms with van der Waals surface area (Å²) in [5.41, 5.74) is 2.34. The molecule has 6 nitrogen and oxygen atoms in total. The van der Waals surface area contributed by atoms with Crippen LogP contribution in [0.5, 0.6) is 0 Å². The van der Waals surface area contributed by atoms with Gasteiger partial charge in [0, 0.05) is 30.6 Å². The molecule has 1 heterocycles. The van der Waals surface area contributed by atoms with Crippen molar-refractivity contribution in [1.82, 2.24) is 5.32 Å². The average Bonchev–Trinajstić information content (AvgIpc) is 2.68. The number of sulfone groups is 1.